The molecule has 3 nitrogen and oxygen atoms in total. The fourth-order valence-electron chi connectivity index (χ4n) is 0.497. The predicted molar refractivity (Wildman–Crippen MR) is 41.6 cm³/mol. The van der Waals surface area contributed by atoms with Gasteiger partial charge in [-0.15, -0.1) is 0 Å². The van der Waals surface area contributed by atoms with Crippen LogP contribution in [0.15, 0.2) is 0 Å². The molecule has 0 saturated carbocycles. The van der Waals surface area contributed by atoms with Gasteiger partial charge in [0.1, 0.15) is 0 Å². The third-order valence-electron chi connectivity index (χ3n) is 1.74. The third-order valence-corrected chi connectivity index (χ3v) is 1.74. The average molecular weight is 144 g/mol. The van der Waals surface area contributed by atoms with Crippen LogP contribution in [0.3, 0.4) is 0 Å². The van der Waals surface area contributed by atoms with Crippen molar-refractivity contribution in [2.24, 2.45) is 17.6 Å². The summed E-state index contributed by atoms with van der Waals surface area (Å²) in [5.41, 5.74) is 4.89. The molecule has 2 amide bonds. The largest absolute Gasteiger partial charge is 0.352 e. The molecule has 1 atom stereocenters. The Hall–Kier alpha value is -0.730. The van der Waals surface area contributed by atoms with Crippen LogP contribution in [0.5, 0.6) is 0 Å². The van der Waals surface area contributed by atoms with Gasteiger partial charge in [0.2, 0.25) is 0 Å². The van der Waals surface area contributed by atoms with Gasteiger partial charge >= 0.3 is 6.03 Å². The molecule has 0 aliphatic heterocycles. The molecule has 0 aromatic rings. The van der Waals surface area contributed by atoms with Crippen LogP contribution in [0.4, 0.5) is 4.79 Å². The molecule has 3 N–H and O–H groups in total. The molecule has 0 aromatic heterocycles. The van der Waals surface area contributed by atoms with Crippen LogP contribution in [-0.2, 0) is 0 Å². The molecule has 0 spiro atoms. The Kier molecular flexibility index (Phi) is 3.84. The lowest BCUT2D eigenvalue weighted by atomic mass is 9.98. The molecule has 0 fully saturated rings. The highest BCUT2D eigenvalue weighted by atomic mass is 16.2. The number of primary amides is 1. The van der Waals surface area contributed by atoms with Gasteiger partial charge in [0.25, 0.3) is 0 Å². The van der Waals surface area contributed by atoms with Crippen LogP contribution in [0.2, 0.25) is 0 Å². The van der Waals surface area contributed by atoms with Crippen LogP contribution >= 0.6 is 0 Å². The summed E-state index contributed by atoms with van der Waals surface area (Å²) in [5.74, 6) is 1.08. The molecular weight excluding hydrogens is 128 g/mol. The SMILES string of the molecule is CC(C)C(C)CNC(N)=O. The van der Waals surface area contributed by atoms with Gasteiger partial charge in [0, 0.05) is 6.54 Å². The Morgan fingerprint density at radius 3 is 2.30 bits per heavy atom. The maximum absolute atomic E-state index is 10.2. The zero-order chi connectivity index (χ0) is 8.15. The van der Waals surface area contributed by atoms with Gasteiger partial charge < -0.3 is 11.1 Å². The van der Waals surface area contributed by atoms with Crippen molar-refractivity contribution >= 4 is 6.03 Å². The second-order valence-electron chi connectivity index (χ2n) is 2.97. The summed E-state index contributed by atoms with van der Waals surface area (Å²) in [6.45, 7) is 6.99. The van der Waals surface area contributed by atoms with Crippen molar-refractivity contribution in [3.8, 4) is 0 Å². The summed E-state index contributed by atoms with van der Waals surface area (Å²) in [4.78, 5) is 10.2. The molecule has 60 valence electrons. The number of hydrogen-bond acceptors (Lipinski definition) is 1. The van der Waals surface area contributed by atoms with Gasteiger partial charge in [-0.25, -0.2) is 4.79 Å². The first-order valence-electron chi connectivity index (χ1n) is 3.57. The molecule has 0 aliphatic rings. The van der Waals surface area contributed by atoms with Crippen LogP contribution in [0.25, 0.3) is 0 Å². The Balaban J connectivity index is 3.39. The topological polar surface area (TPSA) is 55.1 Å². The zero-order valence-electron chi connectivity index (χ0n) is 6.85. The Bertz CT molecular complexity index is 112. The number of carbonyl (C=O) groups excluding carboxylic acids is 1. The highest BCUT2D eigenvalue weighted by Crippen LogP contribution is 2.06. The molecule has 0 rings (SSSR count). The normalized spacial score (nSPS) is 13.2. The first-order chi connectivity index (χ1) is 4.54. The standard InChI is InChI=1S/C7H16N2O/c1-5(2)6(3)4-9-7(8)10/h5-6H,4H2,1-3H3,(H3,8,9,10). The van der Waals surface area contributed by atoms with Gasteiger partial charge in [-0.3, -0.25) is 0 Å². The molecule has 1 unspecified atom stereocenters. The number of amides is 2. The highest BCUT2D eigenvalue weighted by molar-refractivity contribution is 5.71. The molecule has 0 aromatic carbocycles. The molecule has 10 heavy (non-hydrogen) atoms. The number of hydrogen-bond donors (Lipinski definition) is 2. The fraction of sp³-hybridized carbons (Fsp3) is 0.857. The monoisotopic (exact) mass is 144 g/mol. The van der Waals surface area contributed by atoms with Crippen molar-refractivity contribution in [1.82, 2.24) is 5.32 Å². The average Bonchev–Trinajstić information content (AvgIpc) is 1.82. The quantitative estimate of drug-likeness (QED) is 0.608. The maximum Gasteiger partial charge on any atom is 0.312 e. The number of nitrogens with one attached hydrogen (secondary N) is 1. The summed E-state index contributed by atoms with van der Waals surface area (Å²) in [7, 11) is 0. The maximum atomic E-state index is 10.2. The van der Waals surface area contributed by atoms with E-state index in [-0.39, 0.29) is 0 Å². The predicted octanol–water partition coefficient (Wildman–Crippen LogP) is 0.947. The molecule has 3 heteroatoms. The Morgan fingerprint density at radius 1 is 1.50 bits per heavy atom. The fourth-order valence-corrected chi connectivity index (χ4v) is 0.497. The third kappa shape index (κ3) is 4.18. The molecular formula is C7H16N2O. The van der Waals surface area contributed by atoms with E-state index in [0.29, 0.717) is 18.4 Å². The van der Waals surface area contributed by atoms with Crippen LogP contribution in [0, 0.1) is 11.8 Å². The molecule has 0 aliphatic carbocycles. The van der Waals surface area contributed by atoms with Gasteiger partial charge in [-0.05, 0) is 11.8 Å². The van der Waals surface area contributed by atoms with E-state index in [4.69, 9.17) is 5.73 Å². The summed E-state index contributed by atoms with van der Waals surface area (Å²) >= 11 is 0. The van der Waals surface area contributed by atoms with Crippen LogP contribution < -0.4 is 11.1 Å². The lowest BCUT2D eigenvalue weighted by Gasteiger charge is -2.14. The van der Waals surface area contributed by atoms with Crippen LogP contribution in [-0.4, -0.2) is 12.6 Å². The van der Waals surface area contributed by atoms with E-state index in [2.05, 4.69) is 26.1 Å². The second kappa shape index (κ2) is 4.14. The number of nitrogens with two attached hydrogens (primary N) is 1. The molecule has 0 bridgehead atoms. The van der Waals surface area contributed by atoms with Crippen LogP contribution in [0.1, 0.15) is 20.8 Å². The minimum atomic E-state index is -0.437. The van der Waals surface area contributed by atoms with E-state index >= 15 is 0 Å². The van der Waals surface area contributed by atoms with Gasteiger partial charge in [0.15, 0.2) is 0 Å². The van der Waals surface area contributed by atoms with E-state index in [1.54, 1.807) is 0 Å². The van der Waals surface area contributed by atoms with Gasteiger partial charge in [0.05, 0.1) is 0 Å². The zero-order valence-corrected chi connectivity index (χ0v) is 6.85. The first-order valence-corrected chi connectivity index (χ1v) is 3.57. The van der Waals surface area contributed by atoms with Crippen molar-refractivity contribution in [3.63, 3.8) is 0 Å². The summed E-state index contributed by atoms with van der Waals surface area (Å²) in [5, 5.41) is 2.57. The number of urea groups is 1. The summed E-state index contributed by atoms with van der Waals surface area (Å²) < 4.78 is 0. The van der Waals surface area contributed by atoms with Crippen molar-refractivity contribution in [2.45, 2.75) is 20.8 Å². The van der Waals surface area contributed by atoms with E-state index in [1.165, 1.54) is 0 Å². The Labute approximate surface area is 62.0 Å². The molecule has 0 heterocycles. The molecule has 0 radical (unpaired) electrons. The summed E-state index contributed by atoms with van der Waals surface area (Å²) in [6, 6.07) is -0.437. The number of rotatable bonds is 3. The molecule has 0 saturated heterocycles. The van der Waals surface area contributed by atoms with E-state index < -0.39 is 6.03 Å². The first kappa shape index (κ1) is 9.27. The van der Waals surface area contributed by atoms with Crippen molar-refractivity contribution in [2.75, 3.05) is 6.54 Å². The van der Waals surface area contributed by atoms with Crippen molar-refractivity contribution < 1.29 is 4.79 Å². The van der Waals surface area contributed by atoms with Gasteiger partial charge in [-0.2, -0.15) is 0 Å². The van der Waals surface area contributed by atoms with Crippen molar-refractivity contribution in [1.29, 1.82) is 0 Å². The van der Waals surface area contributed by atoms with E-state index in [9.17, 15) is 4.79 Å². The lowest BCUT2D eigenvalue weighted by molar-refractivity contribution is 0.245. The summed E-state index contributed by atoms with van der Waals surface area (Å²) in [6.07, 6.45) is 0. The van der Waals surface area contributed by atoms with E-state index in [0.717, 1.165) is 0 Å². The van der Waals surface area contributed by atoms with E-state index in [1.807, 2.05) is 0 Å². The number of carbonyl (C=O) groups is 1. The minimum absolute atomic E-state index is 0.437. The lowest BCUT2D eigenvalue weighted by Crippen LogP contribution is -2.34. The smallest absolute Gasteiger partial charge is 0.312 e. The second-order valence-corrected chi connectivity index (χ2v) is 2.97. The highest BCUT2D eigenvalue weighted by Gasteiger charge is 2.06. The Morgan fingerprint density at radius 2 is 2.00 bits per heavy atom. The minimum Gasteiger partial charge on any atom is -0.352 e. The van der Waals surface area contributed by atoms with Gasteiger partial charge in [-0.1, -0.05) is 20.8 Å². The van der Waals surface area contributed by atoms with Crippen molar-refractivity contribution in [3.05, 3.63) is 0 Å².